The lowest BCUT2D eigenvalue weighted by Gasteiger charge is -2.14. The standard InChI is InChI=1S/C19H20FN3/c1-23(12-10-20)14-16-6-4-15(5-7-16)8-9-18-13-17-3-2-11-21-19(17)22-18/h2-7,11,18H,10,12-14H2,1H3,(H,21,22). The van der Waals surface area contributed by atoms with Crippen molar-refractivity contribution in [1.82, 2.24) is 9.88 Å². The molecule has 4 heteroatoms. The average Bonchev–Trinajstić information content (AvgIpc) is 2.97. The zero-order valence-corrected chi connectivity index (χ0v) is 13.2. The van der Waals surface area contributed by atoms with Gasteiger partial charge in [0, 0.05) is 31.3 Å². The summed E-state index contributed by atoms with van der Waals surface area (Å²) in [4.78, 5) is 6.27. The van der Waals surface area contributed by atoms with Gasteiger partial charge in [-0.1, -0.05) is 30.0 Å². The average molecular weight is 309 g/mol. The predicted molar refractivity (Wildman–Crippen MR) is 91.0 cm³/mol. The van der Waals surface area contributed by atoms with Gasteiger partial charge in [0.2, 0.25) is 0 Å². The highest BCUT2D eigenvalue weighted by molar-refractivity contribution is 5.53. The lowest BCUT2D eigenvalue weighted by atomic mass is 10.1. The van der Waals surface area contributed by atoms with Crippen molar-refractivity contribution >= 4 is 5.82 Å². The fraction of sp³-hybridized carbons (Fsp3) is 0.316. The molecule has 0 aliphatic carbocycles. The number of nitrogens with one attached hydrogen (secondary N) is 1. The Bertz CT molecular complexity index is 690. The maximum Gasteiger partial charge on any atom is 0.130 e. The topological polar surface area (TPSA) is 28.2 Å². The highest BCUT2D eigenvalue weighted by Gasteiger charge is 2.18. The number of pyridine rings is 1. The van der Waals surface area contributed by atoms with E-state index in [1.54, 1.807) is 6.20 Å². The molecule has 0 bridgehead atoms. The normalized spacial score (nSPS) is 15.7. The van der Waals surface area contributed by atoms with E-state index in [0.29, 0.717) is 6.54 Å². The second-order valence-corrected chi connectivity index (χ2v) is 5.81. The van der Waals surface area contributed by atoms with E-state index >= 15 is 0 Å². The first kappa shape index (κ1) is 15.5. The van der Waals surface area contributed by atoms with Gasteiger partial charge in [-0.3, -0.25) is 4.90 Å². The number of halogens is 1. The van der Waals surface area contributed by atoms with E-state index in [4.69, 9.17) is 0 Å². The monoisotopic (exact) mass is 309 g/mol. The van der Waals surface area contributed by atoms with Crippen molar-refractivity contribution in [3.8, 4) is 11.8 Å². The van der Waals surface area contributed by atoms with E-state index < -0.39 is 0 Å². The van der Waals surface area contributed by atoms with Gasteiger partial charge in [0.15, 0.2) is 0 Å². The van der Waals surface area contributed by atoms with Crippen LogP contribution in [0.3, 0.4) is 0 Å². The molecule has 1 aromatic carbocycles. The summed E-state index contributed by atoms with van der Waals surface area (Å²) in [7, 11) is 1.92. The van der Waals surface area contributed by atoms with Gasteiger partial charge < -0.3 is 5.32 Å². The first-order valence-electron chi connectivity index (χ1n) is 7.80. The Labute approximate surface area is 136 Å². The fourth-order valence-corrected chi connectivity index (χ4v) is 2.66. The minimum atomic E-state index is -0.314. The van der Waals surface area contributed by atoms with Gasteiger partial charge in [0.25, 0.3) is 0 Å². The maximum absolute atomic E-state index is 12.3. The zero-order valence-electron chi connectivity index (χ0n) is 13.2. The molecule has 1 aliphatic heterocycles. The summed E-state index contributed by atoms with van der Waals surface area (Å²) >= 11 is 0. The summed E-state index contributed by atoms with van der Waals surface area (Å²) in [6, 6.07) is 12.3. The highest BCUT2D eigenvalue weighted by atomic mass is 19.1. The van der Waals surface area contributed by atoms with Crippen molar-refractivity contribution in [2.75, 3.05) is 25.6 Å². The summed E-state index contributed by atoms with van der Waals surface area (Å²) in [6.07, 6.45) is 2.68. The van der Waals surface area contributed by atoms with E-state index in [0.717, 1.165) is 24.3 Å². The molecule has 2 aromatic rings. The molecule has 3 rings (SSSR count). The van der Waals surface area contributed by atoms with Crippen LogP contribution in [0.4, 0.5) is 10.2 Å². The van der Waals surface area contributed by atoms with E-state index in [1.807, 2.05) is 30.1 Å². The number of nitrogens with zero attached hydrogens (tertiary/aromatic N) is 2. The third kappa shape index (κ3) is 4.08. The SMILES string of the molecule is CN(CCF)Cc1ccc(C#CC2Cc3cccnc3N2)cc1. The Balaban J connectivity index is 1.60. The molecule has 0 amide bonds. The van der Waals surface area contributed by atoms with Gasteiger partial charge in [0.05, 0.1) is 6.04 Å². The summed E-state index contributed by atoms with van der Waals surface area (Å²) in [6.45, 7) is 0.901. The van der Waals surface area contributed by atoms with E-state index in [9.17, 15) is 4.39 Å². The second kappa shape index (κ2) is 7.26. The van der Waals surface area contributed by atoms with Crippen LogP contribution in [0.2, 0.25) is 0 Å². The molecule has 0 radical (unpaired) electrons. The molecule has 1 atom stereocenters. The summed E-state index contributed by atoms with van der Waals surface area (Å²) < 4.78 is 12.3. The van der Waals surface area contributed by atoms with Crippen molar-refractivity contribution in [2.24, 2.45) is 0 Å². The van der Waals surface area contributed by atoms with E-state index in [2.05, 4.69) is 40.3 Å². The molecule has 0 fully saturated rings. The van der Waals surface area contributed by atoms with E-state index in [-0.39, 0.29) is 12.7 Å². The summed E-state index contributed by atoms with van der Waals surface area (Å²) in [5.41, 5.74) is 3.38. The van der Waals surface area contributed by atoms with Crippen molar-refractivity contribution in [1.29, 1.82) is 0 Å². The minimum absolute atomic E-state index is 0.121. The number of aromatic nitrogens is 1. The Morgan fingerprint density at radius 3 is 2.87 bits per heavy atom. The van der Waals surface area contributed by atoms with Crippen LogP contribution in [0, 0.1) is 11.8 Å². The molecule has 1 N–H and O–H groups in total. The van der Waals surface area contributed by atoms with Crippen LogP contribution in [-0.2, 0) is 13.0 Å². The van der Waals surface area contributed by atoms with Gasteiger partial charge in [0.1, 0.15) is 12.5 Å². The predicted octanol–water partition coefficient (Wildman–Crippen LogP) is 2.87. The van der Waals surface area contributed by atoms with Gasteiger partial charge in [-0.25, -0.2) is 9.37 Å². The quantitative estimate of drug-likeness (QED) is 0.880. The highest BCUT2D eigenvalue weighted by Crippen LogP contribution is 2.22. The number of hydrogen-bond donors (Lipinski definition) is 1. The van der Waals surface area contributed by atoms with Gasteiger partial charge in [-0.05, 0) is 36.4 Å². The van der Waals surface area contributed by atoms with E-state index in [1.165, 1.54) is 11.1 Å². The van der Waals surface area contributed by atoms with Crippen molar-refractivity contribution < 1.29 is 4.39 Å². The number of benzene rings is 1. The Morgan fingerprint density at radius 1 is 1.30 bits per heavy atom. The smallest absolute Gasteiger partial charge is 0.130 e. The minimum Gasteiger partial charge on any atom is -0.356 e. The first-order chi connectivity index (χ1) is 11.2. The van der Waals surface area contributed by atoms with Crippen LogP contribution in [0.5, 0.6) is 0 Å². The van der Waals surface area contributed by atoms with Crippen molar-refractivity contribution in [3.05, 3.63) is 59.3 Å². The second-order valence-electron chi connectivity index (χ2n) is 5.81. The number of alkyl halides is 1. The largest absolute Gasteiger partial charge is 0.356 e. The van der Waals surface area contributed by atoms with Crippen molar-refractivity contribution in [3.63, 3.8) is 0 Å². The van der Waals surface area contributed by atoms with Crippen LogP contribution in [-0.4, -0.2) is 36.2 Å². The van der Waals surface area contributed by atoms with Gasteiger partial charge in [-0.2, -0.15) is 0 Å². The maximum atomic E-state index is 12.3. The molecule has 2 heterocycles. The molecule has 0 spiro atoms. The Morgan fingerprint density at radius 2 is 2.13 bits per heavy atom. The molecular formula is C19H20FN3. The zero-order chi connectivity index (χ0) is 16.1. The molecule has 1 aliphatic rings. The Hall–Kier alpha value is -2.38. The van der Waals surface area contributed by atoms with Crippen LogP contribution >= 0.6 is 0 Å². The number of fused-ring (bicyclic) bond motifs is 1. The van der Waals surface area contributed by atoms with Crippen LogP contribution in [0.15, 0.2) is 42.6 Å². The lowest BCUT2D eigenvalue weighted by Crippen LogP contribution is -2.20. The molecule has 0 saturated heterocycles. The molecule has 0 saturated carbocycles. The molecule has 23 heavy (non-hydrogen) atoms. The summed E-state index contributed by atoms with van der Waals surface area (Å²) in [5, 5.41) is 3.33. The van der Waals surface area contributed by atoms with Crippen molar-refractivity contribution in [2.45, 2.75) is 19.0 Å². The van der Waals surface area contributed by atoms with Crippen LogP contribution in [0.1, 0.15) is 16.7 Å². The molecule has 3 nitrogen and oxygen atoms in total. The number of anilines is 1. The molecule has 118 valence electrons. The van der Waals surface area contributed by atoms with Gasteiger partial charge >= 0.3 is 0 Å². The molecular weight excluding hydrogens is 289 g/mol. The summed E-state index contributed by atoms with van der Waals surface area (Å²) in [5.74, 6) is 7.42. The lowest BCUT2D eigenvalue weighted by molar-refractivity contribution is 0.289. The van der Waals surface area contributed by atoms with Gasteiger partial charge in [-0.15, -0.1) is 0 Å². The first-order valence-corrected chi connectivity index (χ1v) is 7.80. The third-order valence-electron chi connectivity index (χ3n) is 3.89. The number of hydrogen-bond acceptors (Lipinski definition) is 3. The van der Waals surface area contributed by atoms with Crippen LogP contribution < -0.4 is 5.32 Å². The number of rotatable bonds is 4. The van der Waals surface area contributed by atoms with Crippen LogP contribution in [0.25, 0.3) is 0 Å². The molecule has 1 unspecified atom stereocenters. The fourth-order valence-electron chi connectivity index (χ4n) is 2.66. The third-order valence-corrected chi connectivity index (χ3v) is 3.89. The molecule has 1 aromatic heterocycles. The Kier molecular flexibility index (Phi) is 4.89.